The topological polar surface area (TPSA) is 49.4 Å². The molecule has 2 amide bonds. The van der Waals surface area contributed by atoms with Gasteiger partial charge in [-0.05, 0) is 36.1 Å². The van der Waals surface area contributed by atoms with Crippen LogP contribution in [-0.4, -0.2) is 22.8 Å². The lowest BCUT2D eigenvalue weighted by Crippen LogP contribution is -2.48. The molecule has 1 aliphatic rings. The van der Waals surface area contributed by atoms with E-state index in [0.29, 0.717) is 25.9 Å². The van der Waals surface area contributed by atoms with E-state index in [9.17, 15) is 14.0 Å². The second-order valence-corrected chi connectivity index (χ2v) is 6.61. The highest BCUT2D eigenvalue weighted by Crippen LogP contribution is 2.21. The zero-order valence-corrected chi connectivity index (χ0v) is 14.7. The molecule has 1 fully saturated rings. The van der Waals surface area contributed by atoms with Crippen molar-refractivity contribution in [3.8, 4) is 0 Å². The molecule has 136 valence electrons. The molecule has 1 unspecified atom stereocenters. The smallest absolute Gasteiger partial charge is 0.243 e. The van der Waals surface area contributed by atoms with Crippen LogP contribution in [0.3, 0.4) is 0 Å². The highest BCUT2D eigenvalue weighted by atomic mass is 19.1. The van der Waals surface area contributed by atoms with Crippen LogP contribution in [0.1, 0.15) is 36.8 Å². The molecule has 0 saturated carbocycles. The normalized spacial score (nSPS) is 17.7. The van der Waals surface area contributed by atoms with Crippen molar-refractivity contribution < 1.29 is 14.0 Å². The molecule has 0 aliphatic carbocycles. The van der Waals surface area contributed by atoms with Gasteiger partial charge in [-0.25, -0.2) is 4.39 Å². The van der Waals surface area contributed by atoms with E-state index in [-0.39, 0.29) is 17.6 Å². The number of benzene rings is 2. The minimum atomic E-state index is -0.467. The van der Waals surface area contributed by atoms with Gasteiger partial charge in [0.15, 0.2) is 0 Å². The maximum atomic E-state index is 13.0. The Balaban J connectivity index is 1.69. The van der Waals surface area contributed by atoms with E-state index in [1.165, 1.54) is 12.1 Å². The van der Waals surface area contributed by atoms with E-state index in [0.717, 1.165) is 24.0 Å². The standard InChI is InChI=1S/C21H23FN2O2/c22-18-12-10-16(11-13-18)14-23-21(26)19-8-4-5-9-20(25)24(19)15-17-6-2-1-3-7-17/h1-3,6-7,10-13,19H,4-5,8-9,14-15H2,(H,23,26). The van der Waals surface area contributed by atoms with Crippen LogP contribution in [0.4, 0.5) is 4.39 Å². The summed E-state index contributed by atoms with van der Waals surface area (Å²) >= 11 is 0. The van der Waals surface area contributed by atoms with Crippen molar-refractivity contribution in [1.82, 2.24) is 10.2 Å². The van der Waals surface area contributed by atoms with Crippen molar-refractivity contribution in [2.24, 2.45) is 0 Å². The molecule has 26 heavy (non-hydrogen) atoms. The number of nitrogens with one attached hydrogen (secondary N) is 1. The molecular formula is C21H23FN2O2. The minimum absolute atomic E-state index is 0.0216. The van der Waals surface area contributed by atoms with E-state index in [1.54, 1.807) is 17.0 Å². The number of nitrogens with zero attached hydrogens (tertiary/aromatic N) is 1. The van der Waals surface area contributed by atoms with Gasteiger partial charge in [0.25, 0.3) is 0 Å². The van der Waals surface area contributed by atoms with Gasteiger partial charge in [0.05, 0.1) is 0 Å². The van der Waals surface area contributed by atoms with Crippen LogP contribution in [0, 0.1) is 5.82 Å². The summed E-state index contributed by atoms with van der Waals surface area (Å²) in [5.41, 5.74) is 1.84. The number of carbonyl (C=O) groups excluding carboxylic acids is 2. The van der Waals surface area contributed by atoms with Gasteiger partial charge in [0, 0.05) is 19.5 Å². The van der Waals surface area contributed by atoms with Crippen molar-refractivity contribution in [3.05, 3.63) is 71.5 Å². The summed E-state index contributed by atoms with van der Waals surface area (Å²) in [6, 6.07) is 15.3. The lowest BCUT2D eigenvalue weighted by Gasteiger charge is -2.29. The van der Waals surface area contributed by atoms with E-state index in [1.807, 2.05) is 30.3 Å². The van der Waals surface area contributed by atoms with Crippen LogP contribution in [0.2, 0.25) is 0 Å². The predicted octanol–water partition coefficient (Wildman–Crippen LogP) is 3.41. The van der Waals surface area contributed by atoms with Gasteiger partial charge in [0.1, 0.15) is 11.9 Å². The Morgan fingerprint density at radius 3 is 2.50 bits per heavy atom. The number of likely N-dealkylation sites (tertiary alicyclic amines) is 1. The van der Waals surface area contributed by atoms with Crippen molar-refractivity contribution >= 4 is 11.8 Å². The molecule has 2 aromatic carbocycles. The molecule has 1 atom stereocenters. The molecule has 5 heteroatoms. The fourth-order valence-corrected chi connectivity index (χ4v) is 3.25. The van der Waals surface area contributed by atoms with E-state index in [2.05, 4.69) is 5.32 Å². The monoisotopic (exact) mass is 354 g/mol. The van der Waals surface area contributed by atoms with Gasteiger partial charge >= 0.3 is 0 Å². The molecule has 0 spiro atoms. The maximum absolute atomic E-state index is 13.0. The summed E-state index contributed by atoms with van der Waals surface area (Å²) < 4.78 is 13.0. The third-order valence-electron chi connectivity index (χ3n) is 4.69. The SMILES string of the molecule is O=C(NCc1ccc(F)cc1)C1CCCCC(=O)N1Cc1ccccc1. The predicted molar refractivity (Wildman–Crippen MR) is 97.5 cm³/mol. The molecule has 3 rings (SSSR count). The Bertz CT molecular complexity index is 746. The number of carbonyl (C=O) groups is 2. The lowest BCUT2D eigenvalue weighted by molar-refractivity contribution is -0.140. The quantitative estimate of drug-likeness (QED) is 0.894. The minimum Gasteiger partial charge on any atom is -0.350 e. The molecule has 1 N–H and O–H groups in total. The number of amides is 2. The zero-order valence-electron chi connectivity index (χ0n) is 14.7. The molecular weight excluding hydrogens is 331 g/mol. The van der Waals surface area contributed by atoms with Crippen molar-refractivity contribution in [2.75, 3.05) is 0 Å². The van der Waals surface area contributed by atoms with Crippen molar-refractivity contribution in [1.29, 1.82) is 0 Å². The zero-order chi connectivity index (χ0) is 18.4. The van der Waals surface area contributed by atoms with Crippen LogP contribution >= 0.6 is 0 Å². The van der Waals surface area contributed by atoms with Gasteiger partial charge in [-0.1, -0.05) is 48.9 Å². The third-order valence-corrected chi connectivity index (χ3v) is 4.69. The number of rotatable bonds is 5. The molecule has 0 aromatic heterocycles. The molecule has 2 aromatic rings. The molecule has 0 radical (unpaired) electrons. The Kier molecular flexibility index (Phi) is 6.00. The fraction of sp³-hybridized carbons (Fsp3) is 0.333. The van der Waals surface area contributed by atoms with E-state index < -0.39 is 6.04 Å². The lowest BCUT2D eigenvalue weighted by atomic mass is 10.1. The fourth-order valence-electron chi connectivity index (χ4n) is 3.25. The van der Waals surface area contributed by atoms with Gasteiger partial charge in [-0.2, -0.15) is 0 Å². The first-order valence-corrected chi connectivity index (χ1v) is 8.99. The first-order valence-electron chi connectivity index (χ1n) is 8.99. The third kappa shape index (κ3) is 4.69. The molecule has 1 aliphatic heterocycles. The highest BCUT2D eigenvalue weighted by Gasteiger charge is 2.31. The van der Waals surface area contributed by atoms with E-state index in [4.69, 9.17) is 0 Å². The Morgan fingerprint density at radius 1 is 1.04 bits per heavy atom. The average Bonchev–Trinajstić information content (AvgIpc) is 2.84. The second-order valence-electron chi connectivity index (χ2n) is 6.61. The maximum Gasteiger partial charge on any atom is 0.243 e. The van der Waals surface area contributed by atoms with Crippen LogP contribution in [0.5, 0.6) is 0 Å². The molecule has 1 heterocycles. The average molecular weight is 354 g/mol. The molecule has 4 nitrogen and oxygen atoms in total. The van der Waals surface area contributed by atoms with Crippen molar-refractivity contribution in [3.63, 3.8) is 0 Å². The van der Waals surface area contributed by atoms with Gasteiger partial charge in [0.2, 0.25) is 11.8 Å². The first kappa shape index (κ1) is 18.1. The van der Waals surface area contributed by atoms with Crippen LogP contribution in [0.25, 0.3) is 0 Å². The summed E-state index contributed by atoms with van der Waals surface area (Å²) in [4.78, 5) is 27.0. The summed E-state index contributed by atoms with van der Waals surface area (Å²) in [6.45, 7) is 0.761. The van der Waals surface area contributed by atoms with E-state index >= 15 is 0 Å². The molecule has 1 saturated heterocycles. The largest absolute Gasteiger partial charge is 0.350 e. The second kappa shape index (κ2) is 8.61. The van der Waals surface area contributed by atoms with Gasteiger partial charge in [-0.15, -0.1) is 0 Å². The van der Waals surface area contributed by atoms with Gasteiger partial charge < -0.3 is 10.2 Å². The summed E-state index contributed by atoms with van der Waals surface area (Å²) in [7, 11) is 0. The van der Waals surface area contributed by atoms with Crippen molar-refractivity contribution in [2.45, 2.75) is 44.8 Å². The number of halogens is 1. The first-order chi connectivity index (χ1) is 12.6. The summed E-state index contributed by atoms with van der Waals surface area (Å²) in [6.07, 6.45) is 2.81. The highest BCUT2D eigenvalue weighted by molar-refractivity contribution is 5.88. The molecule has 0 bridgehead atoms. The Labute approximate surface area is 153 Å². The summed E-state index contributed by atoms with van der Waals surface area (Å²) in [5, 5.41) is 2.90. The van der Waals surface area contributed by atoms with Crippen LogP contribution in [0.15, 0.2) is 54.6 Å². The number of hydrogen-bond acceptors (Lipinski definition) is 2. The van der Waals surface area contributed by atoms with Crippen LogP contribution in [-0.2, 0) is 22.7 Å². The van der Waals surface area contributed by atoms with Crippen LogP contribution < -0.4 is 5.32 Å². The Morgan fingerprint density at radius 2 is 1.77 bits per heavy atom. The Hall–Kier alpha value is -2.69. The summed E-state index contributed by atoms with van der Waals surface area (Å²) in [5.74, 6) is -0.433. The van der Waals surface area contributed by atoms with Gasteiger partial charge in [-0.3, -0.25) is 9.59 Å². The number of hydrogen-bond donors (Lipinski definition) is 1.